The van der Waals surface area contributed by atoms with E-state index < -0.39 is 0 Å². The number of hydrogen-bond acceptors (Lipinski definition) is 4. The molecule has 1 saturated carbocycles. The molecule has 1 aliphatic carbocycles. The van der Waals surface area contributed by atoms with Crippen molar-refractivity contribution < 1.29 is 0 Å². The predicted octanol–water partition coefficient (Wildman–Crippen LogP) is 2.77. The number of pyridine rings is 1. The Labute approximate surface area is 133 Å². The summed E-state index contributed by atoms with van der Waals surface area (Å²) in [6, 6.07) is 2.76. The van der Waals surface area contributed by atoms with Crippen molar-refractivity contribution in [2.24, 2.45) is 0 Å². The van der Waals surface area contributed by atoms with Gasteiger partial charge in [0.1, 0.15) is 5.82 Å². The van der Waals surface area contributed by atoms with E-state index >= 15 is 0 Å². The van der Waals surface area contributed by atoms with Gasteiger partial charge < -0.3 is 15.1 Å². The number of halogens is 1. The summed E-state index contributed by atoms with van der Waals surface area (Å²) in [5.41, 5.74) is 1.17. The lowest BCUT2D eigenvalue weighted by Crippen LogP contribution is -2.28. The highest BCUT2D eigenvalue weighted by atomic mass is 35.5. The van der Waals surface area contributed by atoms with Crippen LogP contribution in [0.3, 0.4) is 0 Å². The van der Waals surface area contributed by atoms with Crippen LogP contribution in [-0.2, 0) is 6.54 Å². The van der Waals surface area contributed by atoms with E-state index in [1.165, 1.54) is 18.4 Å². The summed E-state index contributed by atoms with van der Waals surface area (Å²) < 4.78 is 0. The molecule has 0 aromatic carbocycles. The van der Waals surface area contributed by atoms with Crippen molar-refractivity contribution in [1.82, 2.24) is 15.2 Å². The van der Waals surface area contributed by atoms with Crippen LogP contribution in [0.5, 0.6) is 0 Å². The first-order valence-electron chi connectivity index (χ1n) is 7.87. The third kappa shape index (κ3) is 5.46. The molecule has 1 aromatic rings. The molecule has 1 heterocycles. The van der Waals surface area contributed by atoms with Gasteiger partial charge in [-0.2, -0.15) is 0 Å². The summed E-state index contributed by atoms with van der Waals surface area (Å²) >= 11 is 6.43. The van der Waals surface area contributed by atoms with Gasteiger partial charge in [0.25, 0.3) is 0 Å². The Hall–Kier alpha value is -0.840. The van der Waals surface area contributed by atoms with Gasteiger partial charge in [-0.25, -0.2) is 4.98 Å². The zero-order valence-electron chi connectivity index (χ0n) is 13.4. The van der Waals surface area contributed by atoms with Crippen molar-refractivity contribution in [2.75, 3.05) is 38.6 Å². The molecule has 0 saturated heterocycles. The van der Waals surface area contributed by atoms with E-state index in [0.717, 1.165) is 43.4 Å². The van der Waals surface area contributed by atoms with Crippen LogP contribution in [-0.4, -0.2) is 49.7 Å². The maximum atomic E-state index is 6.43. The molecule has 0 amide bonds. The van der Waals surface area contributed by atoms with Gasteiger partial charge in [-0.05, 0) is 58.5 Å². The first-order chi connectivity index (χ1) is 10.1. The molecule has 0 aliphatic heterocycles. The molecule has 0 bridgehead atoms. The zero-order chi connectivity index (χ0) is 15.2. The van der Waals surface area contributed by atoms with Crippen molar-refractivity contribution in [3.05, 3.63) is 22.8 Å². The number of anilines is 1. The Morgan fingerprint density at radius 3 is 2.67 bits per heavy atom. The lowest BCUT2D eigenvalue weighted by Gasteiger charge is -2.24. The Kier molecular flexibility index (Phi) is 6.27. The number of nitrogens with one attached hydrogen (secondary N) is 1. The van der Waals surface area contributed by atoms with Crippen LogP contribution in [0.25, 0.3) is 0 Å². The van der Waals surface area contributed by atoms with Crippen molar-refractivity contribution >= 4 is 17.4 Å². The monoisotopic (exact) mass is 310 g/mol. The molecule has 4 nitrogen and oxygen atoms in total. The third-order valence-electron chi connectivity index (χ3n) is 3.77. The van der Waals surface area contributed by atoms with Crippen LogP contribution in [0.2, 0.25) is 5.02 Å². The summed E-state index contributed by atoms with van der Waals surface area (Å²) in [6.45, 7) is 6.01. The Balaban J connectivity index is 1.92. The minimum atomic E-state index is 0.710. The fourth-order valence-corrected chi connectivity index (χ4v) is 2.65. The summed E-state index contributed by atoms with van der Waals surface area (Å²) in [4.78, 5) is 9.04. The van der Waals surface area contributed by atoms with Gasteiger partial charge in [0.05, 0.1) is 5.02 Å². The predicted molar refractivity (Wildman–Crippen MR) is 90.2 cm³/mol. The van der Waals surface area contributed by atoms with Gasteiger partial charge in [0.2, 0.25) is 0 Å². The van der Waals surface area contributed by atoms with E-state index in [-0.39, 0.29) is 0 Å². The summed E-state index contributed by atoms with van der Waals surface area (Å²) in [5.74, 6) is 0.910. The second-order valence-electron chi connectivity index (χ2n) is 6.04. The van der Waals surface area contributed by atoms with Gasteiger partial charge in [-0.1, -0.05) is 11.6 Å². The van der Waals surface area contributed by atoms with Gasteiger partial charge in [0.15, 0.2) is 0 Å². The largest absolute Gasteiger partial charge is 0.356 e. The van der Waals surface area contributed by atoms with Gasteiger partial charge in [-0.3, -0.25) is 0 Å². The van der Waals surface area contributed by atoms with Gasteiger partial charge in [-0.15, -0.1) is 0 Å². The average Bonchev–Trinajstić information content (AvgIpc) is 3.26. The van der Waals surface area contributed by atoms with E-state index in [1.807, 2.05) is 12.3 Å². The molecule has 2 rings (SSSR count). The summed E-state index contributed by atoms with van der Waals surface area (Å²) in [7, 11) is 4.20. The highest BCUT2D eigenvalue weighted by molar-refractivity contribution is 6.33. The number of nitrogens with zero attached hydrogens (tertiary/aromatic N) is 3. The molecule has 0 atom stereocenters. The first kappa shape index (κ1) is 16.5. The van der Waals surface area contributed by atoms with Crippen molar-refractivity contribution in [1.29, 1.82) is 0 Å². The van der Waals surface area contributed by atoms with Crippen LogP contribution in [0.1, 0.15) is 31.7 Å². The molecule has 1 aromatic heterocycles. The lowest BCUT2D eigenvalue weighted by atomic mass is 10.2. The van der Waals surface area contributed by atoms with Gasteiger partial charge in [0, 0.05) is 31.9 Å². The molecule has 1 fully saturated rings. The number of hydrogen-bond donors (Lipinski definition) is 1. The van der Waals surface area contributed by atoms with E-state index in [4.69, 9.17) is 11.6 Å². The molecule has 0 unspecified atom stereocenters. The zero-order valence-corrected chi connectivity index (χ0v) is 14.2. The summed E-state index contributed by atoms with van der Waals surface area (Å²) in [5, 5.41) is 4.25. The van der Waals surface area contributed by atoms with Crippen molar-refractivity contribution in [2.45, 2.75) is 38.8 Å². The number of aromatic nitrogens is 1. The smallest absolute Gasteiger partial charge is 0.147 e. The molecule has 1 N–H and O–H groups in total. The fourth-order valence-electron chi connectivity index (χ4n) is 2.34. The van der Waals surface area contributed by atoms with E-state index in [0.29, 0.717) is 6.04 Å². The SMILES string of the molecule is CCN(CCCN(C)C)c1ncc(CNC2CC2)cc1Cl. The molecular formula is C16H27ClN4. The normalized spacial score (nSPS) is 14.7. The average molecular weight is 311 g/mol. The molecule has 118 valence electrons. The van der Waals surface area contributed by atoms with E-state index in [1.54, 1.807) is 0 Å². The second-order valence-corrected chi connectivity index (χ2v) is 6.45. The quantitative estimate of drug-likeness (QED) is 0.760. The minimum absolute atomic E-state index is 0.710. The van der Waals surface area contributed by atoms with Crippen LogP contribution >= 0.6 is 11.6 Å². The molecule has 0 radical (unpaired) electrons. The third-order valence-corrected chi connectivity index (χ3v) is 4.04. The van der Waals surface area contributed by atoms with E-state index in [9.17, 15) is 0 Å². The summed E-state index contributed by atoms with van der Waals surface area (Å²) in [6.07, 6.45) is 5.67. The second kappa shape index (κ2) is 7.97. The maximum Gasteiger partial charge on any atom is 0.147 e. The van der Waals surface area contributed by atoms with Crippen LogP contribution < -0.4 is 10.2 Å². The standard InChI is InChI=1S/C16H27ClN4/c1-4-21(9-5-8-20(2)3)16-15(17)10-13(12-19-16)11-18-14-6-7-14/h10,12,14,18H,4-9,11H2,1-3H3. The minimum Gasteiger partial charge on any atom is -0.356 e. The highest BCUT2D eigenvalue weighted by Gasteiger charge is 2.20. The lowest BCUT2D eigenvalue weighted by molar-refractivity contribution is 0.400. The van der Waals surface area contributed by atoms with E-state index in [2.05, 4.69) is 41.1 Å². The van der Waals surface area contributed by atoms with Crippen LogP contribution in [0.15, 0.2) is 12.3 Å². The van der Waals surface area contributed by atoms with Gasteiger partial charge >= 0.3 is 0 Å². The Bertz CT molecular complexity index is 446. The molecule has 5 heteroatoms. The highest BCUT2D eigenvalue weighted by Crippen LogP contribution is 2.25. The maximum absolute atomic E-state index is 6.43. The van der Waals surface area contributed by atoms with Crippen LogP contribution in [0, 0.1) is 0 Å². The Morgan fingerprint density at radius 2 is 2.10 bits per heavy atom. The molecule has 21 heavy (non-hydrogen) atoms. The first-order valence-corrected chi connectivity index (χ1v) is 8.25. The topological polar surface area (TPSA) is 31.4 Å². The Morgan fingerprint density at radius 1 is 1.33 bits per heavy atom. The molecule has 1 aliphatic rings. The van der Waals surface area contributed by atoms with Crippen LogP contribution in [0.4, 0.5) is 5.82 Å². The fraction of sp³-hybridized carbons (Fsp3) is 0.688. The number of rotatable bonds is 9. The van der Waals surface area contributed by atoms with Crippen molar-refractivity contribution in [3.63, 3.8) is 0 Å². The van der Waals surface area contributed by atoms with Crippen molar-refractivity contribution in [3.8, 4) is 0 Å². The molecule has 0 spiro atoms. The molecular weight excluding hydrogens is 284 g/mol.